The van der Waals surface area contributed by atoms with Crippen LogP contribution in [0.1, 0.15) is 25.0 Å². The predicted octanol–water partition coefficient (Wildman–Crippen LogP) is 2.82. The fourth-order valence-electron chi connectivity index (χ4n) is 1.37. The summed E-state index contributed by atoms with van der Waals surface area (Å²) in [5.74, 6) is 1.08. The van der Waals surface area contributed by atoms with E-state index in [0.717, 1.165) is 11.0 Å². The molecule has 0 atom stereocenters. The summed E-state index contributed by atoms with van der Waals surface area (Å²) in [5, 5.41) is 3.10. The SMILES string of the molecule is Cc1cc(Br)ccc1CN=C(N)NCC(C)C. The molecule has 1 aromatic carbocycles. The minimum absolute atomic E-state index is 0.515. The summed E-state index contributed by atoms with van der Waals surface area (Å²) in [4.78, 5) is 4.32. The predicted molar refractivity (Wildman–Crippen MR) is 77.0 cm³/mol. The summed E-state index contributed by atoms with van der Waals surface area (Å²) in [7, 11) is 0. The maximum absolute atomic E-state index is 5.78. The lowest BCUT2D eigenvalue weighted by Gasteiger charge is -2.08. The fraction of sp³-hybridized carbons (Fsp3) is 0.462. The molecule has 3 N–H and O–H groups in total. The number of hydrogen-bond donors (Lipinski definition) is 2. The zero-order valence-corrected chi connectivity index (χ0v) is 12.2. The molecule has 17 heavy (non-hydrogen) atoms. The van der Waals surface area contributed by atoms with Crippen LogP contribution in [-0.2, 0) is 6.54 Å². The fourth-order valence-corrected chi connectivity index (χ4v) is 1.85. The Morgan fingerprint density at radius 1 is 1.47 bits per heavy atom. The highest BCUT2D eigenvalue weighted by Gasteiger charge is 1.99. The molecule has 0 aliphatic carbocycles. The average Bonchev–Trinajstić information content (AvgIpc) is 2.25. The van der Waals surface area contributed by atoms with Gasteiger partial charge in [-0.2, -0.15) is 0 Å². The Bertz CT molecular complexity index is 400. The van der Waals surface area contributed by atoms with Crippen molar-refractivity contribution >= 4 is 21.9 Å². The van der Waals surface area contributed by atoms with Gasteiger partial charge in [0.25, 0.3) is 0 Å². The van der Waals surface area contributed by atoms with E-state index in [2.05, 4.69) is 59.1 Å². The van der Waals surface area contributed by atoms with Crippen LogP contribution in [0.2, 0.25) is 0 Å². The van der Waals surface area contributed by atoms with E-state index in [0.29, 0.717) is 18.4 Å². The highest BCUT2D eigenvalue weighted by Crippen LogP contribution is 2.16. The van der Waals surface area contributed by atoms with Gasteiger partial charge in [0.2, 0.25) is 0 Å². The second kappa shape index (κ2) is 6.64. The number of nitrogens with two attached hydrogens (primary N) is 1. The first kappa shape index (κ1) is 14.0. The van der Waals surface area contributed by atoms with Crippen molar-refractivity contribution in [1.82, 2.24) is 5.32 Å². The normalized spacial score (nSPS) is 11.9. The van der Waals surface area contributed by atoms with Crippen molar-refractivity contribution in [3.8, 4) is 0 Å². The van der Waals surface area contributed by atoms with Crippen molar-refractivity contribution < 1.29 is 0 Å². The molecule has 1 aromatic rings. The second-order valence-electron chi connectivity index (χ2n) is 4.55. The monoisotopic (exact) mass is 297 g/mol. The number of aryl methyl sites for hydroxylation is 1. The van der Waals surface area contributed by atoms with Crippen LogP contribution < -0.4 is 11.1 Å². The van der Waals surface area contributed by atoms with Gasteiger partial charge in [-0.3, -0.25) is 0 Å². The van der Waals surface area contributed by atoms with Gasteiger partial charge in [0.1, 0.15) is 0 Å². The van der Waals surface area contributed by atoms with Crippen LogP contribution in [0.4, 0.5) is 0 Å². The lowest BCUT2D eigenvalue weighted by Crippen LogP contribution is -2.34. The van der Waals surface area contributed by atoms with E-state index in [-0.39, 0.29) is 0 Å². The van der Waals surface area contributed by atoms with Crippen molar-refractivity contribution in [1.29, 1.82) is 0 Å². The Kier molecular flexibility index (Phi) is 5.48. The van der Waals surface area contributed by atoms with Crippen molar-refractivity contribution in [2.45, 2.75) is 27.3 Å². The molecule has 0 aromatic heterocycles. The largest absolute Gasteiger partial charge is 0.370 e. The van der Waals surface area contributed by atoms with E-state index in [4.69, 9.17) is 5.73 Å². The topological polar surface area (TPSA) is 50.4 Å². The van der Waals surface area contributed by atoms with Crippen molar-refractivity contribution in [3.63, 3.8) is 0 Å². The Balaban J connectivity index is 2.56. The first-order chi connectivity index (χ1) is 7.99. The smallest absolute Gasteiger partial charge is 0.188 e. The molecule has 0 aliphatic rings. The molecule has 3 nitrogen and oxygen atoms in total. The molecule has 94 valence electrons. The van der Waals surface area contributed by atoms with Crippen LogP contribution in [0.15, 0.2) is 27.7 Å². The lowest BCUT2D eigenvalue weighted by molar-refractivity contribution is 0.622. The van der Waals surface area contributed by atoms with Crippen LogP contribution in [0.3, 0.4) is 0 Å². The minimum Gasteiger partial charge on any atom is -0.370 e. The average molecular weight is 298 g/mol. The summed E-state index contributed by atoms with van der Waals surface area (Å²) in [6.45, 7) is 7.83. The quantitative estimate of drug-likeness (QED) is 0.663. The standard InChI is InChI=1S/C13H20BrN3/c1-9(2)7-16-13(15)17-8-11-4-5-12(14)6-10(11)3/h4-6,9H,7-8H2,1-3H3,(H3,15,16,17). The first-order valence-electron chi connectivity index (χ1n) is 5.78. The summed E-state index contributed by atoms with van der Waals surface area (Å²) in [6.07, 6.45) is 0. The van der Waals surface area contributed by atoms with Gasteiger partial charge in [0.15, 0.2) is 5.96 Å². The molecule has 1 rings (SSSR count). The summed E-state index contributed by atoms with van der Waals surface area (Å²) in [6, 6.07) is 6.18. The van der Waals surface area contributed by atoms with Gasteiger partial charge in [-0.25, -0.2) is 4.99 Å². The molecule has 0 saturated heterocycles. The third-order valence-electron chi connectivity index (χ3n) is 2.42. The number of hydrogen-bond acceptors (Lipinski definition) is 1. The number of rotatable bonds is 4. The van der Waals surface area contributed by atoms with Gasteiger partial charge >= 0.3 is 0 Å². The van der Waals surface area contributed by atoms with Gasteiger partial charge in [-0.1, -0.05) is 35.8 Å². The molecule has 0 amide bonds. The maximum Gasteiger partial charge on any atom is 0.188 e. The molecule has 4 heteroatoms. The Morgan fingerprint density at radius 2 is 2.18 bits per heavy atom. The lowest BCUT2D eigenvalue weighted by atomic mass is 10.1. The number of benzene rings is 1. The number of nitrogens with zero attached hydrogens (tertiary/aromatic N) is 1. The van der Waals surface area contributed by atoms with E-state index in [1.165, 1.54) is 11.1 Å². The highest BCUT2D eigenvalue weighted by atomic mass is 79.9. The number of nitrogens with one attached hydrogen (secondary N) is 1. The van der Waals surface area contributed by atoms with Crippen molar-refractivity contribution in [2.24, 2.45) is 16.6 Å². The van der Waals surface area contributed by atoms with Gasteiger partial charge in [0.05, 0.1) is 6.54 Å². The molecule has 0 heterocycles. The molecular formula is C13H20BrN3. The number of guanidine groups is 1. The second-order valence-corrected chi connectivity index (χ2v) is 5.46. The van der Waals surface area contributed by atoms with Gasteiger partial charge in [0, 0.05) is 11.0 Å². The van der Waals surface area contributed by atoms with Gasteiger partial charge < -0.3 is 11.1 Å². The van der Waals surface area contributed by atoms with E-state index < -0.39 is 0 Å². The van der Waals surface area contributed by atoms with E-state index >= 15 is 0 Å². The van der Waals surface area contributed by atoms with E-state index in [1.54, 1.807) is 0 Å². The summed E-state index contributed by atoms with van der Waals surface area (Å²) < 4.78 is 1.09. The molecule has 0 fully saturated rings. The van der Waals surface area contributed by atoms with E-state index in [1.807, 2.05) is 6.07 Å². The molecule has 0 spiro atoms. The van der Waals surface area contributed by atoms with Crippen molar-refractivity contribution in [2.75, 3.05) is 6.54 Å². The molecular weight excluding hydrogens is 278 g/mol. The molecule has 0 unspecified atom stereocenters. The van der Waals surface area contributed by atoms with Gasteiger partial charge in [-0.05, 0) is 36.1 Å². The third-order valence-corrected chi connectivity index (χ3v) is 2.91. The van der Waals surface area contributed by atoms with Crippen LogP contribution in [0.5, 0.6) is 0 Å². The Hall–Kier alpha value is -1.03. The molecule has 0 aliphatic heterocycles. The van der Waals surface area contributed by atoms with Crippen LogP contribution >= 0.6 is 15.9 Å². The van der Waals surface area contributed by atoms with Crippen LogP contribution in [-0.4, -0.2) is 12.5 Å². The third kappa shape index (κ3) is 5.22. The van der Waals surface area contributed by atoms with Crippen LogP contribution in [0, 0.1) is 12.8 Å². The Morgan fingerprint density at radius 3 is 2.76 bits per heavy atom. The zero-order valence-electron chi connectivity index (χ0n) is 10.6. The Labute approximate surface area is 112 Å². The van der Waals surface area contributed by atoms with Crippen LogP contribution in [0.25, 0.3) is 0 Å². The highest BCUT2D eigenvalue weighted by molar-refractivity contribution is 9.10. The molecule has 0 bridgehead atoms. The van der Waals surface area contributed by atoms with E-state index in [9.17, 15) is 0 Å². The molecule has 0 radical (unpaired) electrons. The summed E-state index contributed by atoms with van der Waals surface area (Å²) >= 11 is 3.44. The molecule has 0 saturated carbocycles. The van der Waals surface area contributed by atoms with Crippen molar-refractivity contribution in [3.05, 3.63) is 33.8 Å². The first-order valence-corrected chi connectivity index (χ1v) is 6.57. The number of halogens is 1. The summed E-state index contributed by atoms with van der Waals surface area (Å²) in [5.41, 5.74) is 8.20. The number of aliphatic imine (C=N–C) groups is 1. The minimum atomic E-state index is 0.515. The zero-order chi connectivity index (χ0) is 12.8. The maximum atomic E-state index is 5.78. The van der Waals surface area contributed by atoms with Gasteiger partial charge in [-0.15, -0.1) is 0 Å².